The molecule has 3 aromatic rings. The maximum Gasteiger partial charge on any atom is 0.266 e. The fraction of sp³-hybridized carbons (Fsp3) is 0.167. The van der Waals surface area contributed by atoms with Crippen LogP contribution in [0.3, 0.4) is 0 Å². The average Bonchev–Trinajstić information content (AvgIpc) is 3.32. The van der Waals surface area contributed by atoms with Crippen molar-refractivity contribution in [1.82, 2.24) is 0 Å². The molecule has 2 aliphatic rings. The molecule has 0 aromatic heterocycles. The van der Waals surface area contributed by atoms with Crippen molar-refractivity contribution < 1.29 is 24.3 Å². The Morgan fingerprint density at radius 3 is 2.39 bits per heavy atom. The Morgan fingerprint density at radius 1 is 0.970 bits per heavy atom. The molecular formula is C24H18Cl2N2O5. The first-order chi connectivity index (χ1) is 15.9. The minimum Gasteiger partial charge on any atom is -0.506 e. The predicted octanol–water partition coefficient (Wildman–Crippen LogP) is 4.76. The number of anilines is 2. The molecule has 2 amide bonds. The average molecular weight is 485 g/mol. The summed E-state index contributed by atoms with van der Waals surface area (Å²) in [6.45, 7) is 0. The summed E-state index contributed by atoms with van der Waals surface area (Å²) in [7, 11) is 1.47. The van der Waals surface area contributed by atoms with Crippen LogP contribution in [0, 0.1) is 5.92 Å². The van der Waals surface area contributed by atoms with Crippen LogP contribution in [0.4, 0.5) is 11.4 Å². The van der Waals surface area contributed by atoms with Crippen molar-refractivity contribution in [2.45, 2.75) is 12.1 Å². The molecule has 0 bridgehead atoms. The molecule has 0 radical (unpaired) electrons. The van der Waals surface area contributed by atoms with Gasteiger partial charge < -0.3 is 9.84 Å². The number of imide groups is 1. The van der Waals surface area contributed by atoms with Gasteiger partial charge in [-0.25, -0.2) is 9.96 Å². The molecular weight excluding hydrogens is 467 g/mol. The number of fused-ring (bicyclic) bond motifs is 1. The van der Waals surface area contributed by atoms with Gasteiger partial charge in [0.2, 0.25) is 5.91 Å². The molecule has 3 atom stereocenters. The lowest BCUT2D eigenvalue weighted by molar-refractivity contribution is -0.126. The van der Waals surface area contributed by atoms with Gasteiger partial charge in [0.15, 0.2) is 6.10 Å². The molecule has 2 saturated heterocycles. The molecule has 2 heterocycles. The molecule has 1 N–H and O–H groups in total. The van der Waals surface area contributed by atoms with Crippen LogP contribution < -0.4 is 14.7 Å². The number of halogens is 2. The number of rotatable bonds is 4. The van der Waals surface area contributed by atoms with Crippen molar-refractivity contribution in [2.75, 3.05) is 17.1 Å². The first kappa shape index (κ1) is 21.6. The fourth-order valence-electron chi connectivity index (χ4n) is 4.39. The van der Waals surface area contributed by atoms with Gasteiger partial charge in [-0.2, -0.15) is 0 Å². The second-order valence-corrected chi connectivity index (χ2v) is 8.51. The molecule has 33 heavy (non-hydrogen) atoms. The van der Waals surface area contributed by atoms with Gasteiger partial charge in [0.1, 0.15) is 17.4 Å². The molecule has 0 saturated carbocycles. The standard InChI is InChI=1S/C24H18Cl2N2O5/c1-32-18-10-6-5-9-17(18)27-23(30)19-20(15-11-13(25)12-16(26)21(15)29)28(33-22(19)24(27)31)14-7-3-2-4-8-14/h2-12,19-20,22,29H,1H3/t19-,20-,22+/m1/s1. The number of carbonyl (C=O) groups is 2. The number of phenols is 1. The predicted molar refractivity (Wildman–Crippen MR) is 124 cm³/mol. The van der Waals surface area contributed by atoms with Gasteiger partial charge in [0.05, 0.1) is 29.5 Å². The van der Waals surface area contributed by atoms with Crippen molar-refractivity contribution in [3.05, 3.63) is 82.3 Å². The number of carbonyl (C=O) groups excluding carboxylic acids is 2. The Bertz CT molecular complexity index is 1250. The first-order valence-electron chi connectivity index (χ1n) is 10.1. The third-order valence-corrected chi connectivity index (χ3v) is 6.33. The second kappa shape index (κ2) is 8.26. The van der Waals surface area contributed by atoms with Gasteiger partial charge in [-0.1, -0.05) is 53.5 Å². The van der Waals surface area contributed by atoms with Gasteiger partial charge in [-0.3, -0.25) is 14.4 Å². The molecule has 5 rings (SSSR count). The molecule has 9 heteroatoms. The first-order valence-corrected chi connectivity index (χ1v) is 10.9. The van der Waals surface area contributed by atoms with Gasteiger partial charge in [-0.15, -0.1) is 0 Å². The second-order valence-electron chi connectivity index (χ2n) is 7.67. The number of hydrogen-bond acceptors (Lipinski definition) is 6. The van der Waals surface area contributed by atoms with Gasteiger partial charge in [0, 0.05) is 10.6 Å². The normalized spacial score (nSPS) is 22.1. The summed E-state index contributed by atoms with van der Waals surface area (Å²) in [5.41, 5.74) is 1.22. The zero-order chi connectivity index (χ0) is 23.3. The van der Waals surface area contributed by atoms with Crippen LogP contribution in [0.1, 0.15) is 11.6 Å². The number of phenolic OH excluding ortho intramolecular Hbond substituents is 1. The molecule has 2 fully saturated rings. The van der Waals surface area contributed by atoms with E-state index in [1.54, 1.807) is 48.5 Å². The third kappa shape index (κ3) is 3.40. The minimum atomic E-state index is -1.11. The fourth-order valence-corrected chi connectivity index (χ4v) is 4.90. The number of benzene rings is 3. The number of amides is 2. The van der Waals surface area contributed by atoms with Crippen molar-refractivity contribution in [1.29, 1.82) is 0 Å². The molecule has 0 unspecified atom stereocenters. The lowest BCUT2D eigenvalue weighted by atomic mass is 9.90. The number of aromatic hydroxyl groups is 1. The van der Waals surface area contributed by atoms with E-state index in [9.17, 15) is 14.7 Å². The highest BCUT2D eigenvalue weighted by molar-refractivity contribution is 6.35. The van der Waals surface area contributed by atoms with Crippen LogP contribution in [0.5, 0.6) is 11.5 Å². The molecule has 7 nitrogen and oxygen atoms in total. The molecule has 3 aromatic carbocycles. The maximum absolute atomic E-state index is 13.7. The summed E-state index contributed by atoms with van der Waals surface area (Å²) in [6, 6.07) is 17.8. The van der Waals surface area contributed by atoms with Crippen LogP contribution in [0.2, 0.25) is 10.0 Å². The van der Waals surface area contributed by atoms with E-state index in [1.807, 2.05) is 6.07 Å². The quantitative estimate of drug-likeness (QED) is 0.537. The SMILES string of the molecule is COc1ccccc1N1C(=O)[C@H]2[C@H](ON(c3ccccc3)[C@@H]2c2cc(Cl)cc(Cl)c2O)C1=O. The summed E-state index contributed by atoms with van der Waals surface area (Å²) in [4.78, 5) is 34.3. The molecule has 168 valence electrons. The van der Waals surface area contributed by atoms with E-state index in [-0.39, 0.29) is 21.4 Å². The van der Waals surface area contributed by atoms with Gasteiger partial charge in [-0.05, 0) is 36.4 Å². The number of methoxy groups -OCH3 is 1. The maximum atomic E-state index is 13.7. The van der Waals surface area contributed by atoms with Crippen molar-refractivity contribution >= 4 is 46.4 Å². The highest BCUT2D eigenvalue weighted by Crippen LogP contribution is 2.51. The summed E-state index contributed by atoms with van der Waals surface area (Å²) < 4.78 is 5.36. The zero-order valence-electron chi connectivity index (χ0n) is 17.3. The number of nitrogens with zero attached hydrogens (tertiary/aromatic N) is 2. The largest absolute Gasteiger partial charge is 0.506 e. The van der Waals surface area contributed by atoms with E-state index in [4.69, 9.17) is 32.8 Å². The monoisotopic (exact) mass is 484 g/mol. The summed E-state index contributed by atoms with van der Waals surface area (Å²) >= 11 is 12.4. The van der Waals surface area contributed by atoms with Crippen molar-refractivity contribution in [3.8, 4) is 11.5 Å². The lowest BCUT2D eigenvalue weighted by Gasteiger charge is -2.29. The van der Waals surface area contributed by atoms with Crippen LogP contribution in [0.15, 0.2) is 66.7 Å². The molecule has 0 spiro atoms. The van der Waals surface area contributed by atoms with Crippen molar-refractivity contribution in [3.63, 3.8) is 0 Å². The highest BCUT2D eigenvalue weighted by atomic mass is 35.5. The number of para-hydroxylation sites is 3. The smallest absolute Gasteiger partial charge is 0.266 e. The van der Waals surface area contributed by atoms with Crippen LogP contribution in [-0.4, -0.2) is 30.1 Å². The van der Waals surface area contributed by atoms with E-state index in [0.717, 1.165) is 4.90 Å². The summed E-state index contributed by atoms with van der Waals surface area (Å²) in [5, 5.41) is 12.6. The van der Waals surface area contributed by atoms with E-state index < -0.39 is 29.9 Å². The zero-order valence-corrected chi connectivity index (χ0v) is 18.8. The lowest BCUT2D eigenvalue weighted by Crippen LogP contribution is -2.37. The Balaban J connectivity index is 1.65. The Hall–Kier alpha value is -3.26. The van der Waals surface area contributed by atoms with E-state index >= 15 is 0 Å². The van der Waals surface area contributed by atoms with Crippen LogP contribution in [0.25, 0.3) is 0 Å². The molecule has 0 aliphatic carbocycles. The van der Waals surface area contributed by atoms with Gasteiger partial charge in [0.25, 0.3) is 5.91 Å². The van der Waals surface area contributed by atoms with E-state index in [0.29, 0.717) is 17.1 Å². The van der Waals surface area contributed by atoms with Gasteiger partial charge >= 0.3 is 0 Å². The topological polar surface area (TPSA) is 79.3 Å². The Morgan fingerprint density at radius 2 is 1.67 bits per heavy atom. The Labute approximate surface area is 199 Å². The van der Waals surface area contributed by atoms with Crippen LogP contribution >= 0.6 is 23.2 Å². The Kier molecular flexibility index (Phi) is 5.40. The molecule has 2 aliphatic heterocycles. The number of hydrogen-bond donors (Lipinski definition) is 1. The summed E-state index contributed by atoms with van der Waals surface area (Å²) in [6.07, 6.45) is -1.11. The van der Waals surface area contributed by atoms with E-state index in [2.05, 4.69) is 0 Å². The summed E-state index contributed by atoms with van der Waals surface area (Å²) in [5.74, 6) is -1.81. The highest BCUT2D eigenvalue weighted by Gasteiger charge is 2.61. The minimum absolute atomic E-state index is 0.0346. The number of hydroxylamine groups is 1. The van der Waals surface area contributed by atoms with Crippen LogP contribution in [-0.2, 0) is 14.4 Å². The van der Waals surface area contributed by atoms with Crippen molar-refractivity contribution in [2.24, 2.45) is 5.92 Å². The van der Waals surface area contributed by atoms with E-state index in [1.165, 1.54) is 24.3 Å². The number of ether oxygens (including phenoxy) is 1. The third-order valence-electron chi connectivity index (χ3n) is 5.83.